The van der Waals surface area contributed by atoms with E-state index >= 15 is 0 Å². The first kappa shape index (κ1) is 20.5. The summed E-state index contributed by atoms with van der Waals surface area (Å²) in [6.07, 6.45) is 0. The second-order valence-corrected chi connectivity index (χ2v) is 8.42. The molecule has 0 radical (unpaired) electrons. The van der Waals surface area contributed by atoms with Gasteiger partial charge in [-0.15, -0.1) is 10.2 Å². The van der Waals surface area contributed by atoms with Gasteiger partial charge < -0.3 is 5.32 Å². The first-order chi connectivity index (χ1) is 14.8. The maximum atomic E-state index is 12.8. The van der Waals surface area contributed by atoms with Crippen molar-refractivity contribution in [1.29, 1.82) is 0 Å². The highest BCUT2D eigenvalue weighted by atomic mass is 16.2. The van der Waals surface area contributed by atoms with E-state index in [1.165, 1.54) is 4.80 Å². The maximum Gasteiger partial charge on any atom is 0.249 e. The molecule has 158 valence electrons. The van der Waals surface area contributed by atoms with Crippen molar-refractivity contribution in [3.8, 4) is 17.1 Å². The van der Waals surface area contributed by atoms with Crippen LogP contribution in [0.5, 0.6) is 0 Å². The molecule has 0 fully saturated rings. The molecule has 31 heavy (non-hydrogen) atoms. The van der Waals surface area contributed by atoms with E-state index in [1.54, 1.807) is 4.68 Å². The summed E-state index contributed by atoms with van der Waals surface area (Å²) in [7, 11) is 0. The van der Waals surface area contributed by atoms with Gasteiger partial charge in [0.2, 0.25) is 11.7 Å². The second kappa shape index (κ2) is 8.14. The van der Waals surface area contributed by atoms with Crippen molar-refractivity contribution in [2.45, 2.75) is 39.7 Å². The molecule has 4 rings (SSSR count). The minimum absolute atomic E-state index is 0.0519. The van der Waals surface area contributed by atoms with E-state index in [9.17, 15) is 4.79 Å². The topological polar surface area (TPSA) is 90.5 Å². The fourth-order valence-corrected chi connectivity index (χ4v) is 3.16. The molecule has 8 heteroatoms. The Bertz CT molecular complexity index is 1200. The van der Waals surface area contributed by atoms with Crippen LogP contribution in [0.15, 0.2) is 60.7 Å². The second-order valence-electron chi connectivity index (χ2n) is 8.42. The molecular formula is C23H25N7O. The minimum atomic E-state index is -0.258. The Balaban J connectivity index is 1.55. The summed E-state index contributed by atoms with van der Waals surface area (Å²) in [5.41, 5.74) is 3.54. The van der Waals surface area contributed by atoms with Gasteiger partial charge in [0.05, 0.1) is 11.4 Å². The molecule has 4 aromatic rings. The average molecular weight is 416 g/mol. The fraction of sp³-hybridized carbons (Fsp3) is 0.261. The Labute approximate surface area is 180 Å². The van der Waals surface area contributed by atoms with Gasteiger partial charge >= 0.3 is 0 Å². The highest BCUT2D eigenvalue weighted by Crippen LogP contribution is 2.26. The maximum absolute atomic E-state index is 12.8. The molecule has 0 aliphatic heterocycles. The zero-order chi connectivity index (χ0) is 22.0. The van der Waals surface area contributed by atoms with E-state index in [0.717, 1.165) is 22.5 Å². The third-order valence-corrected chi connectivity index (χ3v) is 4.87. The van der Waals surface area contributed by atoms with Crippen LogP contribution in [0.3, 0.4) is 0 Å². The van der Waals surface area contributed by atoms with E-state index in [2.05, 4.69) is 41.5 Å². The van der Waals surface area contributed by atoms with Crippen LogP contribution in [0.4, 0.5) is 5.82 Å². The van der Waals surface area contributed by atoms with Gasteiger partial charge in [-0.1, -0.05) is 63.2 Å². The predicted octanol–water partition coefficient (Wildman–Crippen LogP) is 3.77. The van der Waals surface area contributed by atoms with Crippen LogP contribution >= 0.6 is 0 Å². The first-order valence-electron chi connectivity index (χ1n) is 10.1. The molecule has 0 aliphatic carbocycles. The predicted molar refractivity (Wildman–Crippen MR) is 119 cm³/mol. The summed E-state index contributed by atoms with van der Waals surface area (Å²) in [5.74, 6) is 0.835. The molecule has 1 N–H and O–H groups in total. The lowest BCUT2D eigenvalue weighted by molar-refractivity contribution is -0.117. The van der Waals surface area contributed by atoms with E-state index in [4.69, 9.17) is 5.10 Å². The molecular weight excluding hydrogens is 390 g/mol. The molecule has 0 saturated heterocycles. The van der Waals surface area contributed by atoms with Crippen molar-refractivity contribution in [2.24, 2.45) is 0 Å². The Morgan fingerprint density at radius 2 is 1.71 bits per heavy atom. The summed E-state index contributed by atoms with van der Waals surface area (Å²) in [6, 6.07) is 19.4. The molecule has 2 aromatic carbocycles. The van der Waals surface area contributed by atoms with E-state index < -0.39 is 0 Å². The van der Waals surface area contributed by atoms with Gasteiger partial charge in [-0.05, 0) is 29.8 Å². The third-order valence-electron chi connectivity index (χ3n) is 4.87. The Morgan fingerprint density at radius 1 is 1.00 bits per heavy atom. The van der Waals surface area contributed by atoms with Crippen LogP contribution in [0, 0.1) is 6.92 Å². The molecule has 0 bridgehead atoms. The Hall–Kier alpha value is -3.81. The molecule has 0 aliphatic rings. The standard InChI is InChI=1S/C23H25N7O/c1-16-10-8-9-13-18(16)22-25-28-29(27-22)15-21(31)24-20-14-19(23(2,3)4)26-30(20)17-11-6-5-7-12-17/h5-14H,15H2,1-4H3,(H,24,31). The van der Waals surface area contributed by atoms with Crippen LogP contribution in [0.25, 0.3) is 17.1 Å². The van der Waals surface area contributed by atoms with Gasteiger partial charge in [-0.3, -0.25) is 4.79 Å². The first-order valence-corrected chi connectivity index (χ1v) is 10.1. The molecule has 0 spiro atoms. The van der Waals surface area contributed by atoms with Crippen LogP contribution in [0.1, 0.15) is 32.0 Å². The van der Waals surface area contributed by atoms with Gasteiger partial charge in [0, 0.05) is 17.0 Å². The van der Waals surface area contributed by atoms with Crippen molar-refractivity contribution in [2.75, 3.05) is 5.32 Å². The number of carbonyl (C=O) groups excluding carboxylic acids is 1. The number of hydrogen-bond acceptors (Lipinski definition) is 5. The number of amides is 1. The number of tetrazole rings is 1. The molecule has 2 aromatic heterocycles. The van der Waals surface area contributed by atoms with Gasteiger partial charge in [-0.25, -0.2) is 4.68 Å². The van der Waals surface area contributed by atoms with Crippen molar-refractivity contribution in [3.05, 3.63) is 71.9 Å². The van der Waals surface area contributed by atoms with Crippen molar-refractivity contribution >= 4 is 11.7 Å². The van der Waals surface area contributed by atoms with Gasteiger partial charge in [0.15, 0.2) is 0 Å². The number of nitrogens with one attached hydrogen (secondary N) is 1. The number of aryl methyl sites for hydroxylation is 1. The van der Waals surface area contributed by atoms with Crippen molar-refractivity contribution in [1.82, 2.24) is 30.0 Å². The smallest absolute Gasteiger partial charge is 0.249 e. The highest BCUT2D eigenvalue weighted by Gasteiger charge is 2.22. The zero-order valence-corrected chi connectivity index (χ0v) is 18.1. The van der Waals surface area contributed by atoms with E-state index in [0.29, 0.717) is 11.6 Å². The van der Waals surface area contributed by atoms with Crippen LogP contribution in [0.2, 0.25) is 0 Å². The van der Waals surface area contributed by atoms with Crippen LogP contribution < -0.4 is 5.32 Å². The average Bonchev–Trinajstić information content (AvgIpc) is 3.36. The van der Waals surface area contributed by atoms with E-state index in [-0.39, 0.29) is 17.9 Å². The van der Waals surface area contributed by atoms with Crippen LogP contribution in [-0.4, -0.2) is 35.9 Å². The Morgan fingerprint density at radius 3 is 2.42 bits per heavy atom. The minimum Gasteiger partial charge on any atom is -0.309 e. The molecule has 0 atom stereocenters. The molecule has 8 nitrogen and oxygen atoms in total. The highest BCUT2D eigenvalue weighted by molar-refractivity contribution is 5.90. The lowest BCUT2D eigenvalue weighted by atomic mass is 9.92. The van der Waals surface area contributed by atoms with Crippen molar-refractivity contribution in [3.63, 3.8) is 0 Å². The lowest BCUT2D eigenvalue weighted by Gasteiger charge is -2.14. The summed E-state index contributed by atoms with van der Waals surface area (Å²) >= 11 is 0. The normalized spacial score (nSPS) is 11.5. The number of rotatable bonds is 5. The molecule has 0 unspecified atom stereocenters. The Kier molecular flexibility index (Phi) is 5.37. The monoisotopic (exact) mass is 415 g/mol. The number of para-hydroxylation sites is 1. The lowest BCUT2D eigenvalue weighted by Crippen LogP contribution is -2.22. The number of nitrogens with zero attached hydrogens (tertiary/aromatic N) is 6. The van der Waals surface area contributed by atoms with Crippen molar-refractivity contribution < 1.29 is 4.79 Å². The van der Waals surface area contributed by atoms with Crippen LogP contribution in [-0.2, 0) is 16.8 Å². The molecule has 0 saturated carbocycles. The van der Waals surface area contributed by atoms with Gasteiger partial charge in [-0.2, -0.15) is 9.90 Å². The SMILES string of the molecule is Cc1ccccc1-c1nnn(CC(=O)Nc2cc(C(C)(C)C)nn2-c2ccccc2)n1. The summed E-state index contributed by atoms with van der Waals surface area (Å²) in [4.78, 5) is 14.1. The van der Waals surface area contributed by atoms with Gasteiger partial charge in [0.25, 0.3) is 0 Å². The number of benzene rings is 2. The third kappa shape index (κ3) is 4.53. The largest absolute Gasteiger partial charge is 0.309 e. The summed E-state index contributed by atoms with van der Waals surface area (Å²) < 4.78 is 1.74. The summed E-state index contributed by atoms with van der Waals surface area (Å²) in [5, 5.41) is 20.1. The van der Waals surface area contributed by atoms with Gasteiger partial charge in [0.1, 0.15) is 12.4 Å². The quantitative estimate of drug-likeness (QED) is 0.536. The van der Waals surface area contributed by atoms with E-state index in [1.807, 2.05) is 67.6 Å². The number of hydrogen-bond donors (Lipinski definition) is 1. The zero-order valence-electron chi connectivity index (χ0n) is 18.1. The number of aromatic nitrogens is 6. The summed E-state index contributed by atoms with van der Waals surface area (Å²) in [6.45, 7) is 8.19. The number of carbonyl (C=O) groups is 1. The fourth-order valence-electron chi connectivity index (χ4n) is 3.16. The molecule has 2 heterocycles. The number of anilines is 1. The molecule has 1 amide bonds.